The number of sulfonamides is 1. The van der Waals surface area contributed by atoms with Crippen molar-refractivity contribution in [2.75, 3.05) is 27.2 Å². The van der Waals surface area contributed by atoms with Gasteiger partial charge >= 0.3 is 0 Å². The van der Waals surface area contributed by atoms with Crippen LogP contribution >= 0.6 is 0 Å². The molecule has 0 radical (unpaired) electrons. The Labute approximate surface area is 120 Å². The molecule has 1 aromatic rings. The van der Waals surface area contributed by atoms with Crippen LogP contribution in [0.3, 0.4) is 0 Å². The third kappa shape index (κ3) is 3.41. The highest BCUT2D eigenvalue weighted by Crippen LogP contribution is 2.24. The zero-order valence-electron chi connectivity index (χ0n) is 12.2. The molecule has 1 saturated heterocycles. The van der Waals surface area contributed by atoms with Crippen LogP contribution in [0, 0.1) is 0 Å². The molecule has 1 N–H and O–H groups in total. The van der Waals surface area contributed by atoms with Crippen LogP contribution in [0.1, 0.15) is 25.5 Å². The Kier molecular flexibility index (Phi) is 4.53. The third-order valence-corrected chi connectivity index (χ3v) is 5.16. The second kappa shape index (κ2) is 5.85. The zero-order valence-corrected chi connectivity index (χ0v) is 13.0. The highest BCUT2D eigenvalue weighted by Gasteiger charge is 2.29. The van der Waals surface area contributed by atoms with Crippen LogP contribution in [0.15, 0.2) is 21.6 Å². The van der Waals surface area contributed by atoms with Crippen molar-refractivity contribution in [1.82, 2.24) is 9.62 Å². The minimum atomic E-state index is -3.49. The van der Waals surface area contributed by atoms with E-state index in [0.717, 1.165) is 30.3 Å². The Balaban J connectivity index is 1.90. The molecule has 2 heterocycles. The molecule has 20 heavy (non-hydrogen) atoms. The standard InChI is InChI=1S/C13H22N2O4S/c1-13(7-4-8-18-13)10-14-9-11-5-6-12(19-11)20(16,17)15(2)3/h5-6,14H,4,7-10H2,1-3H3. The zero-order chi connectivity index (χ0) is 14.8. The molecule has 2 rings (SSSR count). The summed E-state index contributed by atoms with van der Waals surface area (Å²) in [6, 6.07) is 3.17. The lowest BCUT2D eigenvalue weighted by molar-refractivity contribution is 0.0203. The van der Waals surface area contributed by atoms with Gasteiger partial charge in [0, 0.05) is 27.2 Å². The molecule has 1 atom stereocenters. The largest absolute Gasteiger partial charge is 0.447 e. The van der Waals surface area contributed by atoms with Gasteiger partial charge in [0.2, 0.25) is 5.09 Å². The first-order chi connectivity index (χ1) is 9.33. The summed E-state index contributed by atoms with van der Waals surface area (Å²) in [4.78, 5) is 0. The van der Waals surface area contributed by atoms with E-state index >= 15 is 0 Å². The van der Waals surface area contributed by atoms with E-state index in [2.05, 4.69) is 12.2 Å². The van der Waals surface area contributed by atoms with Crippen LogP contribution in [0.25, 0.3) is 0 Å². The molecule has 0 aliphatic carbocycles. The summed E-state index contributed by atoms with van der Waals surface area (Å²) in [6.45, 7) is 4.10. The molecule has 1 fully saturated rings. The van der Waals surface area contributed by atoms with Crippen LogP contribution in [-0.4, -0.2) is 45.6 Å². The molecule has 1 unspecified atom stereocenters. The van der Waals surface area contributed by atoms with Gasteiger partial charge in [-0.2, -0.15) is 0 Å². The number of furan rings is 1. The van der Waals surface area contributed by atoms with Crippen molar-refractivity contribution in [3.05, 3.63) is 17.9 Å². The second-order valence-electron chi connectivity index (χ2n) is 5.51. The van der Waals surface area contributed by atoms with Gasteiger partial charge in [0.1, 0.15) is 5.76 Å². The van der Waals surface area contributed by atoms with Crippen molar-refractivity contribution in [1.29, 1.82) is 0 Å². The molecular weight excluding hydrogens is 280 g/mol. The Morgan fingerprint density at radius 1 is 1.40 bits per heavy atom. The fraction of sp³-hybridized carbons (Fsp3) is 0.692. The predicted octanol–water partition coefficient (Wildman–Crippen LogP) is 1.19. The van der Waals surface area contributed by atoms with Crippen molar-refractivity contribution in [3.8, 4) is 0 Å². The van der Waals surface area contributed by atoms with Crippen molar-refractivity contribution in [3.63, 3.8) is 0 Å². The van der Waals surface area contributed by atoms with Gasteiger partial charge in [0.25, 0.3) is 10.0 Å². The molecular formula is C13H22N2O4S. The van der Waals surface area contributed by atoms with Crippen molar-refractivity contribution < 1.29 is 17.6 Å². The fourth-order valence-corrected chi connectivity index (χ4v) is 3.01. The first-order valence-corrected chi connectivity index (χ1v) is 8.13. The average Bonchev–Trinajstić information content (AvgIpc) is 2.99. The summed E-state index contributed by atoms with van der Waals surface area (Å²) in [5.41, 5.74) is -0.120. The molecule has 1 aliphatic rings. The van der Waals surface area contributed by atoms with Crippen molar-refractivity contribution in [2.24, 2.45) is 0 Å². The summed E-state index contributed by atoms with van der Waals surface area (Å²) in [5.74, 6) is 0.604. The maximum atomic E-state index is 11.9. The maximum absolute atomic E-state index is 11.9. The number of nitrogens with one attached hydrogen (secondary N) is 1. The molecule has 0 amide bonds. The quantitative estimate of drug-likeness (QED) is 0.854. The van der Waals surface area contributed by atoms with E-state index in [1.165, 1.54) is 20.2 Å². The summed E-state index contributed by atoms with van der Waals surface area (Å²) in [6.07, 6.45) is 2.13. The first-order valence-electron chi connectivity index (χ1n) is 6.69. The second-order valence-corrected chi connectivity index (χ2v) is 7.60. The smallest absolute Gasteiger partial charge is 0.275 e. The normalized spacial score (nSPS) is 23.6. The number of ether oxygens (including phenoxy) is 1. The van der Waals surface area contributed by atoms with E-state index in [4.69, 9.17) is 9.15 Å². The van der Waals surface area contributed by atoms with Gasteiger partial charge in [-0.3, -0.25) is 0 Å². The van der Waals surface area contributed by atoms with E-state index in [1.807, 2.05) is 0 Å². The first kappa shape index (κ1) is 15.5. The third-order valence-electron chi connectivity index (χ3n) is 3.47. The SMILES string of the molecule is CN(C)S(=O)(=O)c1ccc(CNCC2(C)CCCO2)o1. The van der Waals surface area contributed by atoms with Crippen LogP contribution in [0.4, 0.5) is 0 Å². The monoisotopic (exact) mass is 302 g/mol. The van der Waals surface area contributed by atoms with Crippen LogP contribution < -0.4 is 5.32 Å². The maximum Gasteiger partial charge on any atom is 0.275 e. The molecule has 1 aliphatic heterocycles. The van der Waals surface area contributed by atoms with Crippen molar-refractivity contribution >= 4 is 10.0 Å². The average molecular weight is 302 g/mol. The van der Waals surface area contributed by atoms with E-state index in [1.54, 1.807) is 6.07 Å². The molecule has 1 aromatic heterocycles. The molecule has 114 valence electrons. The number of hydrogen-bond acceptors (Lipinski definition) is 5. The summed E-state index contributed by atoms with van der Waals surface area (Å²) < 4.78 is 35.9. The summed E-state index contributed by atoms with van der Waals surface area (Å²) in [5, 5.41) is 3.23. The lowest BCUT2D eigenvalue weighted by Gasteiger charge is -2.23. The Hall–Kier alpha value is -0.890. The number of rotatable bonds is 6. The van der Waals surface area contributed by atoms with Gasteiger partial charge in [0.15, 0.2) is 0 Å². The number of nitrogens with zero attached hydrogens (tertiary/aromatic N) is 1. The lowest BCUT2D eigenvalue weighted by atomic mass is 10.0. The van der Waals surface area contributed by atoms with Gasteiger partial charge in [-0.1, -0.05) is 0 Å². The molecule has 6 nitrogen and oxygen atoms in total. The van der Waals surface area contributed by atoms with Crippen LogP contribution in [-0.2, 0) is 21.3 Å². The Morgan fingerprint density at radius 3 is 2.75 bits per heavy atom. The highest BCUT2D eigenvalue weighted by atomic mass is 32.2. The van der Waals surface area contributed by atoms with Gasteiger partial charge in [0.05, 0.1) is 12.1 Å². The molecule has 0 saturated carbocycles. The van der Waals surface area contributed by atoms with Crippen LogP contribution in [0.2, 0.25) is 0 Å². The fourth-order valence-electron chi connectivity index (χ4n) is 2.20. The minimum Gasteiger partial charge on any atom is -0.447 e. The summed E-state index contributed by atoms with van der Waals surface area (Å²) >= 11 is 0. The van der Waals surface area contributed by atoms with Crippen LogP contribution in [0.5, 0.6) is 0 Å². The minimum absolute atomic E-state index is 0.0253. The predicted molar refractivity (Wildman–Crippen MR) is 74.9 cm³/mol. The highest BCUT2D eigenvalue weighted by molar-refractivity contribution is 7.88. The Bertz CT molecular complexity index is 544. The van der Waals surface area contributed by atoms with E-state index < -0.39 is 10.0 Å². The number of hydrogen-bond donors (Lipinski definition) is 1. The molecule has 0 spiro atoms. The van der Waals surface area contributed by atoms with Crippen molar-refractivity contribution in [2.45, 2.75) is 37.0 Å². The van der Waals surface area contributed by atoms with Gasteiger partial charge < -0.3 is 14.5 Å². The van der Waals surface area contributed by atoms with Gasteiger partial charge in [-0.15, -0.1) is 0 Å². The Morgan fingerprint density at radius 2 is 2.15 bits per heavy atom. The molecule has 7 heteroatoms. The molecule has 0 bridgehead atoms. The topological polar surface area (TPSA) is 71.8 Å². The van der Waals surface area contributed by atoms with E-state index in [9.17, 15) is 8.42 Å². The van der Waals surface area contributed by atoms with Gasteiger partial charge in [-0.25, -0.2) is 12.7 Å². The van der Waals surface area contributed by atoms with Gasteiger partial charge in [-0.05, 0) is 31.9 Å². The van der Waals surface area contributed by atoms with E-state index in [-0.39, 0.29) is 10.7 Å². The molecule has 0 aromatic carbocycles. The summed E-state index contributed by atoms with van der Waals surface area (Å²) in [7, 11) is -0.534. The lowest BCUT2D eigenvalue weighted by Crippen LogP contribution is -2.36. The van der Waals surface area contributed by atoms with E-state index in [0.29, 0.717) is 12.3 Å².